The molecule has 3 aliphatic rings. The molecule has 0 amide bonds. The van der Waals surface area contributed by atoms with Crippen LogP contribution in [0.4, 0.5) is 0 Å². The number of rotatable bonds is 4. The Morgan fingerprint density at radius 1 is 1.06 bits per heavy atom. The van der Waals surface area contributed by atoms with Crippen molar-refractivity contribution in [1.29, 1.82) is 0 Å². The Bertz CT molecular complexity index is 1170. The van der Waals surface area contributed by atoms with Crippen LogP contribution in [-0.4, -0.2) is 29.8 Å². The number of ether oxygens (including phenoxy) is 2. The Labute approximate surface area is 207 Å². The SMILES string of the molecule is COC(=O)c1ccc(/C=C/[C@]2(O)CC[C@H]3[C@@H]4CCc5cc(OC(C)=O)ccc5[C@H]4CC[C@@]32C)cc1. The summed E-state index contributed by atoms with van der Waals surface area (Å²) in [6.45, 7) is 3.72. The smallest absolute Gasteiger partial charge is 0.337 e. The van der Waals surface area contributed by atoms with E-state index in [1.54, 1.807) is 12.1 Å². The highest BCUT2D eigenvalue weighted by Gasteiger charge is 2.60. The number of hydrogen-bond acceptors (Lipinski definition) is 5. The lowest BCUT2D eigenvalue weighted by Gasteiger charge is -2.52. The normalized spacial score (nSPS) is 31.4. The van der Waals surface area contributed by atoms with Gasteiger partial charge in [-0.05, 0) is 97.2 Å². The first kappa shape index (κ1) is 23.8. The predicted molar refractivity (Wildman–Crippen MR) is 134 cm³/mol. The second-order valence-corrected chi connectivity index (χ2v) is 10.7. The van der Waals surface area contributed by atoms with Crippen molar-refractivity contribution in [3.05, 3.63) is 70.8 Å². The molecule has 0 bridgehead atoms. The van der Waals surface area contributed by atoms with Gasteiger partial charge in [-0.2, -0.15) is 0 Å². The molecule has 2 aromatic carbocycles. The van der Waals surface area contributed by atoms with E-state index in [0.29, 0.717) is 29.1 Å². The summed E-state index contributed by atoms with van der Waals surface area (Å²) in [4.78, 5) is 23.1. The van der Waals surface area contributed by atoms with Crippen molar-refractivity contribution in [1.82, 2.24) is 0 Å². The van der Waals surface area contributed by atoms with Crippen molar-refractivity contribution in [2.45, 2.75) is 63.9 Å². The highest BCUT2D eigenvalue weighted by Crippen LogP contribution is 2.64. The molecule has 5 heteroatoms. The molecule has 0 radical (unpaired) electrons. The Hall–Kier alpha value is -2.92. The maximum atomic E-state index is 11.9. The van der Waals surface area contributed by atoms with Crippen molar-refractivity contribution < 1.29 is 24.2 Å². The minimum absolute atomic E-state index is 0.161. The van der Waals surface area contributed by atoms with Gasteiger partial charge in [0.15, 0.2) is 0 Å². The third kappa shape index (κ3) is 4.10. The second kappa shape index (κ2) is 8.94. The molecule has 5 rings (SSSR count). The van der Waals surface area contributed by atoms with Crippen LogP contribution >= 0.6 is 0 Å². The van der Waals surface area contributed by atoms with Crippen LogP contribution in [0.25, 0.3) is 6.08 Å². The summed E-state index contributed by atoms with van der Waals surface area (Å²) in [5.74, 6) is 1.53. The lowest BCUT2D eigenvalue weighted by Crippen LogP contribution is -2.49. The molecule has 2 saturated carbocycles. The zero-order chi connectivity index (χ0) is 24.8. The summed E-state index contributed by atoms with van der Waals surface area (Å²) >= 11 is 0. The molecule has 5 atom stereocenters. The zero-order valence-electron chi connectivity index (χ0n) is 20.8. The van der Waals surface area contributed by atoms with Crippen LogP contribution in [-0.2, 0) is 16.0 Å². The summed E-state index contributed by atoms with van der Waals surface area (Å²) in [7, 11) is 1.38. The fraction of sp³-hybridized carbons (Fsp3) is 0.467. The number of carbonyl (C=O) groups is 2. The van der Waals surface area contributed by atoms with Gasteiger partial charge in [0.1, 0.15) is 5.75 Å². The van der Waals surface area contributed by atoms with E-state index in [2.05, 4.69) is 13.0 Å². The highest BCUT2D eigenvalue weighted by molar-refractivity contribution is 5.89. The molecular weight excluding hydrogens is 440 g/mol. The molecule has 35 heavy (non-hydrogen) atoms. The molecule has 1 N–H and O–H groups in total. The van der Waals surface area contributed by atoms with Gasteiger partial charge >= 0.3 is 11.9 Å². The van der Waals surface area contributed by atoms with Crippen LogP contribution in [0.2, 0.25) is 0 Å². The third-order valence-electron chi connectivity index (χ3n) is 9.06. The fourth-order valence-electron chi connectivity index (χ4n) is 7.20. The molecule has 3 aliphatic carbocycles. The van der Waals surface area contributed by atoms with Gasteiger partial charge in [-0.1, -0.05) is 37.3 Å². The number of methoxy groups -OCH3 is 1. The highest BCUT2D eigenvalue weighted by atomic mass is 16.5. The van der Waals surface area contributed by atoms with Crippen LogP contribution < -0.4 is 4.74 Å². The lowest BCUT2D eigenvalue weighted by atomic mass is 9.53. The first-order chi connectivity index (χ1) is 16.7. The first-order valence-corrected chi connectivity index (χ1v) is 12.7. The average molecular weight is 475 g/mol. The van der Waals surface area contributed by atoms with Crippen molar-refractivity contribution in [3.8, 4) is 5.75 Å². The van der Waals surface area contributed by atoms with E-state index in [4.69, 9.17) is 9.47 Å². The average Bonchev–Trinajstić information content (AvgIpc) is 3.12. The van der Waals surface area contributed by atoms with Crippen LogP contribution in [0, 0.1) is 17.3 Å². The first-order valence-electron chi connectivity index (χ1n) is 12.7. The minimum atomic E-state index is -0.844. The molecule has 0 spiro atoms. The van der Waals surface area contributed by atoms with E-state index in [-0.39, 0.29) is 17.4 Å². The second-order valence-electron chi connectivity index (χ2n) is 10.7. The maximum Gasteiger partial charge on any atom is 0.337 e. The third-order valence-corrected chi connectivity index (χ3v) is 9.06. The minimum Gasteiger partial charge on any atom is -0.465 e. The van der Waals surface area contributed by atoms with Crippen molar-refractivity contribution in [2.75, 3.05) is 7.11 Å². The predicted octanol–water partition coefficient (Wildman–Crippen LogP) is 5.70. The molecule has 0 aromatic heterocycles. The summed E-state index contributed by atoms with van der Waals surface area (Å²) < 4.78 is 10.1. The van der Waals surface area contributed by atoms with E-state index < -0.39 is 5.60 Å². The summed E-state index contributed by atoms with van der Waals surface area (Å²) in [6, 6.07) is 13.4. The molecule has 0 heterocycles. The molecule has 2 fully saturated rings. The van der Waals surface area contributed by atoms with Gasteiger partial charge in [-0.25, -0.2) is 4.79 Å². The van der Waals surface area contributed by atoms with Crippen molar-refractivity contribution in [2.24, 2.45) is 17.3 Å². The van der Waals surface area contributed by atoms with Crippen LogP contribution in [0.3, 0.4) is 0 Å². The number of aryl methyl sites for hydroxylation is 1. The van der Waals surface area contributed by atoms with Crippen molar-refractivity contribution in [3.63, 3.8) is 0 Å². The van der Waals surface area contributed by atoms with Gasteiger partial charge < -0.3 is 14.6 Å². The molecule has 0 aliphatic heterocycles. The number of esters is 2. The zero-order valence-corrected chi connectivity index (χ0v) is 20.8. The lowest BCUT2D eigenvalue weighted by molar-refractivity contribution is -0.131. The molecule has 0 saturated heterocycles. The van der Waals surface area contributed by atoms with Crippen LogP contribution in [0.15, 0.2) is 48.5 Å². The number of benzene rings is 2. The van der Waals surface area contributed by atoms with E-state index >= 15 is 0 Å². The van der Waals surface area contributed by atoms with Gasteiger partial charge in [0.2, 0.25) is 0 Å². The Kier molecular flexibility index (Phi) is 6.08. The monoisotopic (exact) mass is 474 g/mol. The summed E-state index contributed by atoms with van der Waals surface area (Å²) in [5.41, 5.74) is 3.18. The van der Waals surface area contributed by atoms with E-state index in [9.17, 15) is 14.7 Å². The summed E-state index contributed by atoms with van der Waals surface area (Å²) in [5, 5.41) is 11.9. The topological polar surface area (TPSA) is 72.8 Å². The van der Waals surface area contributed by atoms with E-state index in [1.165, 1.54) is 25.2 Å². The van der Waals surface area contributed by atoms with Crippen LogP contribution in [0.1, 0.15) is 78.9 Å². The fourth-order valence-corrected chi connectivity index (χ4v) is 7.20. The largest absolute Gasteiger partial charge is 0.465 e. The number of carbonyl (C=O) groups excluding carboxylic acids is 2. The van der Waals surface area contributed by atoms with Gasteiger partial charge in [-0.3, -0.25) is 4.79 Å². The number of fused-ring (bicyclic) bond motifs is 5. The van der Waals surface area contributed by atoms with Gasteiger partial charge in [0.25, 0.3) is 0 Å². The quantitative estimate of drug-likeness (QED) is 0.455. The van der Waals surface area contributed by atoms with Gasteiger partial charge in [0.05, 0.1) is 18.3 Å². The van der Waals surface area contributed by atoms with E-state index in [1.807, 2.05) is 36.4 Å². The van der Waals surface area contributed by atoms with Crippen molar-refractivity contribution >= 4 is 18.0 Å². The van der Waals surface area contributed by atoms with Gasteiger partial charge in [0, 0.05) is 12.3 Å². The van der Waals surface area contributed by atoms with E-state index in [0.717, 1.165) is 44.1 Å². The Balaban J connectivity index is 1.35. The molecule has 5 nitrogen and oxygen atoms in total. The number of aliphatic hydroxyl groups is 1. The molecular formula is C30H34O5. The Morgan fingerprint density at radius 3 is 2.54 bits per heavy atom. The maximum absolute atomic E-state index is 11.9. The van der Waals surface area contributed by atoms with Gasteiger partial charge in [-0.15, -0.1) is 0 Å². The summed E-state index contributed by atoms with van der Waals surface area (Å²) in [6.07, 6.45) is 9.92. The molecule has 184 valence electrons. The molecule has 0 unspecified atom stereocenters. The number of hydrogen-bond donors (Lipinski definition) is 1. The standard InChI is InChI=1S/C30H34O5/c1-19(31)35-23-9-11-24-22(18-23)8-10-26-25(24)13-15-29(2)27(26)14-17-30(29,33)16-12-20-4-6-21(7-5-20)28(32)34-3/h4-7,9,11-12,16,18,25-27,33H,8,10,13-15,17H2,1-3H3/b16-12+/t25-,26-,27+,29+,30+/m1/s1. The Morgan fingerprint density at radius 2 is 1.83 bits per heavy atom. The molecule has 2 aromatic rings. The van der Waals surface area contributed by atoms with Crippen LogP contribution in [0.5, 0.6) is 5.75 Å².